The molecular formula is C18H23BrO2. The topological polar surface area (TPSA) is 26.3 Å². The average Bonchev–Trinajstić information content (AvgIpc) is 2.48. The zero-order valence-corrected chi connectivity index (χ0v) is 14.6. The third-order valence-corrected chi connectivity index (χ3v) is 4.68. The minimum atomic E-state index is 0.219. The number of rotatable bonds is 5. The lowest BCUT2D eigenvalue weighted by molar-refractivity contribution is -0.114. The SMILES string of the molecule is CCCc1cc(Br)ccc1C1=C(OC)C(CC)CCC1=O. The average molecular weight is 351 g/mol. The molecule has 0 heterocycles. The van der Waals surface area contributed by atoms with Crippen LogP contribution in [0.2, 0.25) is 0 Å². The third-order valence-electron chi connectivity index (χ3n) is 4.18. The molecule has 0 spiro atoms. The fourth-order valence-electron chi connectivity index (χ4n) is 3.13. The fourth-order valence-corrected chi connectivity index (χ4v) is 3.53. The van der Waals surface area contributed by atoms with Crippen LogP contribution in [0, 0.1) is 5.92 Å². The van der Waals surface area contributed by atoms with Crippen molar-refractivity contribution in [2.75, 3.05) is 7.11 Å². The second kappa shape index (κ2) is 7.26. The molecule has 1 aromatic rings. The lowest BCUT2D eigenvalue weighted by atomic mass is 9.81. The van der Waals surface area contributed by atoms with E-state index < -0.39 is 0 Å². The van der Waals surface area contributed by atoms with Gasteiger partial charge < -0.3 is 4.74 Å². The normalized spacial score (nSPS) is 19.0. The van der Waals surface area contributed by atoms with E-state index >= 15 is 0 Å². The van der Waals surface area contributed by atoms with E-state index in [1.807, 2.05) is 6.07 Å². The van der Waals surface area contributed by atoms with Gasteiger partial charge in [-0.3, -0.25) is 4.79 Å². The predicted octanol–water partition coefficient (Wildman–Crippen LogP) is 5.15. The van der Waals surface area contributed by atoms with Gasteiger partial charge in [0.2, 0.25) is 0 Å². The summed E-state index contributed by atoms with van der Waals surface area (Å²) in [6.45, 7) is 4.32. The summed E-state index contributed by atoms with van der Waals surface area (Å²) in [7, 11) is 1.69. The first-order valence-corrected chi connectivity index (χ1v) is 8.51. The van der Waals surface area contributed by atoms with E-state index in [0.717, 1.165) is 47.1 Å². The second-order valence-electron chi connectivity index (χ2n) is 5.56. The summed E-state index contributed by atoms with van der Waals surface area (Å²) in [5.41, 5.74) is 3.09. The molecule has 1 aliphatic carbocycles. The van der Waals surface area contributed by atoms with Gasteiger partial charge in [-0.2, -0.15) is 0 Å². The van der Waals surface area contributed by atoms with Crippen molar-refractivity contribution in [3.63, 3.8) is 0 Å². The van der Waals surface area contributed by atoms with E-state index in [1.54, 1.807) is 7.11 Å². The summed E-state index contributed by atoms with van der Waals surface area (Å²) in [6, 6.07) is 6.19. The van der Waals surface area contributed by atoms with Crippen molar-refractivity contribution in [2.24, 2.45) is 5.92 Å². The van der Waals surface area contributed by atoms with Crippen LogP contribution in [0.15, 0.2) is 28.4 Å². The van der Waals surface area contributed by atoms with Crippen LogP contribution in [0.3, 0.4) is 0 Å². The summed E-state index contributed by atoms with van der Waals surface area (Å²) in [5, 5.41) is 0. The Morgan fingerprint density at radius 2 is 2.10 bits per heavy atom. The lowest BCUT2D eigenvalue weighted by Gasteiger charge is -2.27. The molecule has 1 aliphatic rings. The third kappa shape index (κ3) is 3.39. The molecule has 1 atom stereocenters. The Bertz CT molecular complexity index is 560. The molecule has 0 aliphatic heterocycles. The molecular weight excluding hydrogens is 328 g/mol. The van der Waals surface area contributed by atoms with E-state index in [-0.39, 0.29) is 5.78 Å². The summed E-state index contributed by atoms with van der Waals surface area (Å²) in [6.07, 6.45) is 4.58. The molecule has 0 fully saturated rings. The summed E-state index contributed by atoms with van der Waals surface area (Å²) < 4.78 is 6.70. The van der Waals surface area contributed by atoms with Crippen LogP contribution in [-0.4, -0.2) is 12.9 Å². The zero-order chi connectivity index (χ0) is 15.4. The second-order valence-corrected chi connectivity index (χ2v) is 6.48. The molecule has 2 nitrogen and oxygen atoms in total. The van der Waals surface area contributed by atoms with Gasteiger partial charge in [0, 0.05) is 16.8 Å². The zero-order valence-electron chi connectivity index (χ0n) is 13.0. The standard InChI is InChI=1S/C18H23BrO2/c1-4-6-13-11-14(19)8-9-15(13)17-16(20)10-7-12(5-2)18(17)21-3/h8-9,11-12H,4-7,10H2,1-3H3. The number of benzene rings is 1. The minimum absolute atomic E-state index is 0.219. The van der Waals surface area contributed by atoms with Gasteiger partial charge in [-0.25, -0.2) is 0 Å². The Morgan fingerprint density at radius 1 is 1.33 bits per heavy atom. The number of Topliss-reactive ketones (excluding diaryl/α,β-unsaturated/α-hetero) is 1. The van der Waals surface area contributed by atoms with Crippen LogP contribution in [0.4, 0.5) is 0 Å². The summed E-state index contributed by atoms with van der Waals surface area (Å²) >= 11 is 3.53. The van der Waals surface area contributed by atoms with Gasteiger partial charge in [0.15, 0.2) is 5.78 Å². The molecule has 0 aromatic heterocycles. The number of hydrogen-bond acceptors (Lipinski definition) is 2. The number of allylic oxidation sites excluding steroid dienone is 2. The molecule has 1 aromatic carbocycles. The molecule has 1 unspecified atom stereocenters. The number of carbonyl (C=O) groups excluding carboxylic acids is 1. The smallest absolute Gasteiger partial charge is 0.166 e. The fraction of sp³-hybridized carbons (Fsp3) is 0.500. The van der Waals surface area contributed by atoms with Crippen LogP contribution in [0.1, 0.15) is 50.7 Å². The highest BCUT2D eigenvalue weighted by Crippen LogP contribution is 2.37. The molecule has 2 rings (SSSR count). The highest BCUT2D eigenvalue weighted by atomic mass is 79.9. The van der Waals surface area contributed by atoms with Crippen LogP contribution in [-0.2, 0) is 16.0 Å². The van der Waals surface area contributed by atoms with Gasteiger partial charge >= 0.3 is 0 Å². The predicted molar refractivity (Wildman–Crippen MR) is 90.1 cm³/mol. The molecule has 114 valence electrons. The van der Waals surface area contributed by atoms with E-state index in [1.165, 1.54) is 5.56 Å². The van der Waals surface area contributed by atoms with E-state index in [9.17, 15) is 4.79 Å². The quantitative estimate of drug-likeness (QED) is 0.733. The van der Waals surface area contributed by atoms with Crippen molar-refractivity contribution >= 4 is 27.3 Å². The van der Waals surface area contributed by atoms with Crippen molar-refractivity contribution < 1.29 is 9.53 Å². The first-order chi connectivity index (χ1) is 10.1. The molecule has 0 bridgehead atoms. The van der Waals surface area contributed by atoms with Crippen LogP contribution in [0.25, 0.3) is 5.57 Å². The molecule has 3 heteroatoms. The van der Waals surface area contributed by atoms with Gasteiger partial charge in [0.1, 0.15) is 5.76 Å². The first kappa shape index (κ1) is 16.3. The van der Waals surface area contributed by atoms with Crippen molar-refractivity contribution in [3.8, 4) is 0 Å². The Morgan fingerprint density at radius 3 is 2.71 bits per heavy atom. The number of ether oxygens (including phenoxy) is 1. The van der Waals surface area contributed by atoms with Crippen LogP contribution in [0.5, 0.6) is 0 Å². The summed E-state index contributed by atoms with van der Waals surface area (Å²) in [4.78, 5) is 12.5. The van der Waals surface area contributed by atoms with Gasteiger partial charge in [0.05, 0.1) is 12.7 Å². The molecule has 21 heavy (non-hydrogen) atoms. The van der Waals surface area contributed by atoms with E-state index in [0.29, 0.717) is 12.3 Å². The number of methoxy groups -OCH3 is 1. The van der Waals surface area contributed by atoms with Crippen molar-refractivity contribution in [1.82, 2.24) is 0 Å². The van der Waals surface area contributed by atoms with E-state index in [2.05, 4.69) is 41.9 Å². The number of ketones is 1. The maximum Gasteiger partial charge on any atom is 0.166 e. The largest absolute Gasteiger partial charge is 0.500 e. The number of hydrogen-bond donors (Lipinski definition) is 0. The van der Waals surface area contributed by atoms with Gasteiger partial charge in [-0.15, -0.1) is 0 Å². The number of carbonyl (C=O) groups is 1. The Labute approximate surface area is 135 Å². The number of aryl methyl sites for hydroxylation is 1. The molecule has 0 radical (unpaired) electrons. The van der Waals surface area contributed by atoms with Gasteiger partial charge in [0.25, 0.3) is 0 Å². The molecule has 0 saturated carbocycles. The highest BCUT2D eigenvalue weighted by Gasteiger charge is 2.30. The van der Waals surface area contributed by atoms with Crippen molar-refractivity contribution in [2.45, 2.75) is 46.0 Å². The van der Waals surface area contributed by atoms with Gasteiger partial charge in [-0.1, -0.05) is 42.3 Å². The van der Waals surface area contributed by atoms with E-state index in [4.69, 9.17) is 4.74 Å². The monoisotopic (exact) mass is 350 g/mol. The highest BCUT2D eigenvalue weighted by molar-refractivity contribution is 9.10. The first-order valence-electron chi connectivity index (χ1n) is 7.72. The maximum absolute atomic E-state index is 12.5. The molecule has 0 N–H and O–H groups in total. The van der Waals surface area contributed by atoms with Crippen LogP contribution >= 0.6 is 15.9 Å². The van der Waals surface area contributed by atoms with Gasteiger partial charge in [-0.05, 0) is 42.5 Å². The van der Waals surface area contributed by atoms with Crippen LogP contribution < -0.4 is 0 Å². The molecule has 0 amide bonds. The van der Waals surface area contributed by atoms with Crippen molar-refractivity contribution in [1.29, 1.82) is 0 Å². The minimum Gasteiger partial charge on any atom is -0.500 e. The Kier molecular flexibility index (Phi) is 5.63. The number of halogens is 1. The lowest BCUT2D eigenvalue weighted by Crippen LogP contribution is -2.20. The molecule has 0 saturated heterocycles. The Hall–Kier alpha value is -1.09. The maximum atomic E-state index is 12.5. The van der Waals surface area contributed by atoms with Crippen molar-refractivity contribution in [3.05, 3.63) is 39.6 Å². The Balaban J connectivity index is 2.60. The summed E-state index contributed by atoms with van der Waals surface area (Å²) in [5.74, 6) is 1.46.